The molecule has 21 heavy (non-hydrogen) atoms. The molecule has 1 saturated carbocycles. The average Bonchev–Trinajstić information content (AvgIpc) is 2.37. The molecule has 0 saturated heterocycles. The lowest BCUT2D eigenvalue weighted by atomic mass is 9.64. The van der Waals surface area contributed by atoms with E-state index in [9.17, 15) is 9.90 Å². The van der Waals surface area contributed by atoms with Crippen molar-refractivity contribution < 1.29 is 9.90 Å². The molecule has 1 amide bonds. The first-order chi connectivity index (χ1) is 9.84. The summed E-state index contributed by atoms with van der Waals surface area (Å²) in [6, 6.07) is 3.72. The molecular formula is C17H26N2O2. The number of carbonyl (C=O) groups is 1. The number of hydrogen-bond donors (Lipinski definition) is 2. The van der Waals surface area contributed by atoms with Crippen LogP contribution in [-0.2, 0) is 11.2 Å². The molecule has 1 aliphatic rings. The second kappa shape index (κ2) is 6.14. The zero-order valence-corrected chi connectivity index (χ0v) is 13.2. The number of pyridine rings is 1. The maximum Gasteiger partial charge on any atom is 0.224 e. The Morgan fingerprint density at radius 3 is 2.81 bits per heavy atom. The number of aromatic nitrogens is 1. The van der Waals surface area contributed by atoms with Crippen molar-refractivity contribution in [1.29, 1.82) is 0 Å². The van der Waals surface area contributed by atoms with Crippen LogP contribution in [0.15, 0.2) is 24.5 Å². The van der Waals surface area contributed by atoms with Gasteiger partial charge in [-0.25, -0.2) is 0 Å². The molecule has 0 aliphatic heterocycles. The molecule has 2 rings (SSSR count). The monoisotopic (exact) mass is 290 g/mol. The van der Waals surface area contributed by atoms with Crippen LogP contribution in [0.3, 0.4) is 0 Å². The third-order valence-corrected chi connectivity index (χ3v) is 4.25. The molecule has 0 aromatic carbocycles. The summed E-state index contributed by atoms with van der Waals surface area (Å²) in [5, 5.41) is 13.0. The van der Waals surface area contributed by atoms with Crippen LogP contribution in [0.2, 0.25) is 0 Å². The summed E-state index contributed by atoms with van der Waals surface area (Å²) in [5.41, 5.74) is 0.550. The molecule has 0 spiro atoms. The predicted octanol–water partition coefficient (Wildman–Crippen LogP) is 2.32. The van der Waals surface area contributed by atoms with Gasteiger partial charge < -0.3 is 10.4 Å². The topological polar surface area (TPSA) is 62.2 Å². The lowest BCUT2D eigenvalue weighted by molar-refractivity contribution is -0.124. The molecule has 1 aromatic rings. The number of amides is 1. The van der Waals surface area contributed by atoms with Crippen molar-refractivity contribution in [2.45, 2.75) is 52.0 Å². The van der Waals surface area contributed by atoms with Crippen LogP contribution < -0.4 is 5.32 Å². The van der Waals surface area contributed by atoms with E-state index < -0.39 is 5.54 Å². The van der Waals surface area contributed by atoms with Gasteiger partial charge in [-0.2, -0.15) is 0 Å². The first kappa shape index (κ1) is 16.0. The lowest BCUT2D eigenvalue weighted by Gasteiger charge is -2.47. The van der Waals surface area contributed by atoms with Gasteiger partial charge in [-0.3, -0.25) is 9.78 Å². The molecule has 4 heteroatoms. The van der Waals surface area contributed by atoms with Crippen molar-refractivity contribution in [3.63, 3.8) is 0 Å². The van der Waals surface area contributed by atoms with Crippen molar-refractivity contribution >= 4 is 5.91 Å². The van der Waals surface area contributed by atoms with Gasteiger partial charge in [-0.05, 0) is 42.2 Å². The van der Waals surface area contributed by atoms with E-state index in [0.717, 1.165) is 24.8 Å². The zero-order chi connectivity index (χ0) is 15.5. The van der Waals surface area contributed by atoms with Crippen LogP contribution in [0.5, 0.6) is 0 Å². The summed E-state index contributed by atoms with van der Waals surface area (Å²) in [6.45, 7) is 6.61. The Morgan fingerprint density at radius 1 is 1.48 bits per heavy atom. The van der Waals surface area contributed by atoms with Crippen molar-refractivity contribution in [3.8, 4) is 0 Å². The van der Waals surface area contributed by atoms with Gasteiger partial charge in [0.1, 0.15) is 0 Å². The van der Waals surface area contributed by atoms with Crippen LogP contribution in [0.4, 0.5) is 0 Å². The summed E-state index contributed by atoms with van der Waals surface area (Å²) in [5.74, 6) is 0.460. The summed E-state index contributed by atoms with van der Waals surface area (Å²) in [7, 11) is 0. The summed E-state index contributed by atoms with van der Waals surface area (Å²) >= 11 is 0. The third kappa shape index (κ3) is 4.27. The van der Waals surface area contributed by atoms with Crippen LogP contribution >= 0.6 is 0 Å². The largest absolute Gasteiger partial charge is 0.394 e. The minimum atomic E-state index is -0.486. The van der Waals surface area contributed by atoms with Gasteiger partial charge in [0, 0.05) is 12.4 Å². The molecule has 1 fully saturated rings. The first-order valence-corrected chi connectivity index (χ1v) is 7.65. The van der Waals surface area contributed by atoms with E-state index in [1.807, 2.05) is 12.1 Å². The second-order valence-electron chi connectivity index (χ2n) is 7.38. The Hall–Kier alpha value is -1.42. The predicted molar refractivity (Wildman–Crippen MR) is 82.7 cm³/mol. The Morgan fingerprint density at radius 2 is 2.24 bits per heavy atom. The standard InChI is InChI=1S/C17H26N2O2/c1-13-8-16(2,3)11-17(9-13,12-20)19-15(21)7-14-5-4-6-18-10-14/h4-6,10,13,20H,7-9,11-12H2,1-3H3,(H,19,21)/t13-,17-/m1/s1. The van der Waals surface area contributed by atoms with Gasteiger partial charge in [-0.1, -0.05) is 26.8 Å². The van der Waals surface area contributed by atoms with Crippen LogP contribution in [0.1, 0.15) is 45.6 Å². The molecule has 0 bridgehead atoms. The summed E-state index contributed by atoms with van der Waals surface area (Å²) in [6.07, 6.45) is 6.50. The maximum absolute atomic E-state index is 12.3. The van der Waals surface area contributed by atoms with Gasteiger partial charge >= 0.3 is 0 Å². The van der Waals surface area contributed by atoms with E-state index in [1.54, 1.807) is 12.4 Å². The number of carbonyl (C=O) groups excluding carboxylic acids is 1. The molecule has 1 aliphatic carbocycles. The molecule has 2 N–H and O–H groups in total. The summed E-state index contributed by atoms with van der Waals surface area (Å²) < 4.78 is 0. The Balaban J connectivity index is 2.06. The highest BCUT2D eigenvalue weighted by Crippen LogP contribution is 2.43. The van der Waals surface area contributed by atoms with E-state index in [-0.39, 0.29) is 17.9 Å². The first-order valence-electron chi connectivity index (χ1n) is 7.65. The molecule has 1 aromatic heterocycles. The van der Waals surface area contributed by atoms with Crippen molar-refractivity contribution in [2.75, 3.05) is 6.61 Å². The molecular weight excluding hydrogens is 264 g/mol. The average molecular weight is 290 g/mol. The summed E-state index contributed by atoms with van der Waals surface area (Å²) in [4.78, 5) is 16.3. The Kier molecular flexibility index (Phi) is 4.67. The fourth-order valence-corrected chi connectivity index (χ4v) is 4.03. The van der Waals surface area contributed by atoms with Crippen LogP contribution in [-0.4, -0.2) is 28.1 Å². The maximum atomic E-state index is 12.3. The number of nitrogens with one attached hydrogen (secondary N) is 1. The van der Waals surface area contributed by atoms with Crippen molar-refractivity contribution in [1.82, 2.24) is 10.3 Å². The number of aliphatic hydroxyl groups is 1. The van der Waals surface area contributed by atoms with Crippen LogP contribution in [0.25, 0.3) is 0 Å². The number of hydrogen-bond acceptors (Lipinski definition) is 3. The number of rotatable bonds is 4. The minimum absolute atomic E-state index is 0.000447. The number of nitrogens with zero attached hydrogens (tertiary/aromatic N) is 1. The highest BCUT2D eigenvalue weighted by Gasteiger charge is 2.43. The zero-order valence-electron chi connectivity index (χ0n) is 13.2. The number of aliphatic hydroxyl groups excluding tert-OH is 1. The lowest BCUT2D eigenvalue weighted by Crippen LogP contribution is -2.57. The molecule has 0 unspecified atom stereocenters. The molecule has 4 nitrogen and oxygen atoms in total. The Bertz CT molecular complexity index is 487. The quantitative estimate of drug-likeness (QED) is 0.894. The highest BCUT2D eigenvalue weighted by molar-refractivity contribution is 5.79. The van der Waals surface area contributed by atoms with Crippen molar-refractivity contribution in [3.05, 3.63) is 30.1 Å². The molecule has 116 valence electrons. The van der Waals surface area contributed by atoms with Gasteiger partial charge in [0.2, 0.25) is 5.91 Å². The SMILES string of the molecule is C[C@@H]1CC(C)(C)C[C@](CO)(NC(=O)Cc2cccnc2)C1. The van der Waals surface area contributed by atoms with Gasteiger partial charge in [0.15, 0.2) is 0 Å². The van der Waals surface area contributed by atoms with E-state index in [2.05, 4.69) is 31.1 Å². The van der Waals surface area contributed by atoms with Gasteiger partial charge in [-0.15, -0.1) is 0 Å². The Labute approximate surface area is 127 Å². The van der Waals surface area contributed by atoms with Gasteiger partial charge in [0.25, 0.3) is 0 Å². The fraction of sp³-hybridized carbons (Fsp3) is 0.647. The normalized spacial score (nSPS) is 28.1. The molecule has 2 atom stereocenters. The van der Waals surface area contributed by atoms with Gasteiger partial charge in [0.05, 0.1) is 18.6 Å². The molecule has 0 radical (unpaired) electrons. The van der Waals surface area contributed by atoms with E-state index in [0.29, 0.717) is 12.3 Å². The van der Waals surface area contributed by atoms with E-state index >= 15 is 0 Å². The highest BCUT2D eigenvalue weighted by atomic mass is 16.3. The van der Waals surface area contributed by atoms with Crippen molar-refractivity contribution in [2.24, 2.45) is 11.3 Å². The second-order valence-corrected chi connectivity index (χ2v) is 7.38. The minimum Gasteiger partial charge on any atom is -0.394 e. The van der Waals surface area contributed by atoms with Crippen LogP contribution in [0, 0.1) is 11.3 Å². The van der Waals surface area contributed by atoms with E-state index in [1.165, 1.54) is 0 Å². The van der Waals surface area contributed by atoms with E-state index in [4.69, 9.17) is 0 Å². The smallest absolute Gasteiger partial charge is 0.224 e. The third-order valence-electron chi connectivity index (χ3n) is 4.25. The molecule has 1 heterocycles. The fourth-order valence-electron chi connectivity index (χ4n) is 4.03.